The number of ether oxygens (including phenoxy) is 1. The number of hydrogen-bond acceptors (Lipinski definition) is 4. The van der Waals surface area contributed by atoms with Crippen molar-refractivity contribution in [1.82, 2.24) is 4.90 Å². The van der Waals surface area contributed by atoms with Gasteiger partial charge in [-0.3, -0.25) is 4.79 Å². The van der Waals surface area contributed by atoms with Crippen LogP contribution in [0.1, 0.15) is 5.76 Å². The molecule has 3 rings (SSSR count). The van der Waals surface area contributed by atoms with Crippen molar-refractivity contribution in [3.8, 4) is 17.4 Å². The third-order valence-electron chi connectivity index (χ3n) is 3.76. The zero-order valence-corrected chi connectivity index (χ0v) is 14.7. The van der Waals surface area contributed by atoms with Crippen molar-refractivity contribution < 1.29 is 13.9 Å². The molecule has 1 fully saturated rings. The molecule has 0 spiro atoms. The van der Waals surface area contributed by atoms with Crippen LogP contribution in [0, 0.1) is 11.3 Å². The Balaban J connectivity index is 1.84. The number of rotatable bonds is 3. The van der Waals surface area contributed by atoms with Crippen molar-refractivity contribution in [1.29, 1.82) is 5.26 Å². The van der Waals surface area contributed by atoms with Crippen LogP contribution >= 0.6 is 23.2 Å². The fourth-order valence-electron chi connectivity index (χ4n) is 2.49. The van der Waals surface area contributed by atoms with Gasteiger partial charge in [-0.05, 0) is 30.3 Å². The predicted octanol–water partition coefficient (Wildman–Crippen LogP) is 4.02. The molecule has 128 valence electrons. The molecule has 0 radical (unpaired) electrons. The first-order valence-corrected chi connectivity index (χ1v) is 8.38. The summed E-state index contributed by atoms with van der Waals surface area (Å²) in [6, 6.07) is 10.4. The molecular weight excluding hydrogens is 363 g/mol. The van der Waals surface area contributed by atoms with E-state index in [0.29, 0.717) is 53.4 Å². The van der Waals surface area contributed by atoms with E-state index < -0.39 is 0 Å². The Kier molecular flexibility index (Phi) is 5.44. The summed E-state index contributed by atoms with van der Waals surface area (Å²) < 4.78 is 10.9. The fourth-order valence-corrected chi connectivity index (χ4v) is 2.99. The monoisotopic (exact) mass is 376 g/mol. The topological polar surface area (TPSA) is 66.5 Å². The number of amides is 1. The minimum atomic E-state index is -0.326. The molecule has 1 aromatic carbocycles. The zero-order chi connectivity index (χ0) is 17.8. The van der Waals surface area contributed by atoms with E-state index >= 15 is 0 Å². The van der Waals surface area contributed by atoms with Gasteiger partial charge in [-0.1, -0.05) is 23.2 Å². The van der Waals surface area contributed by atoms with E-state index in [1.807, 2.05) is 6.07 Å². The largest absolute Gasteiger partial charge is 0.457 e. The molecule has 1 aliphatic rings. The number of hydrogen-bond donors (Lipinski definition) is 0. The second-order valence-electron chi connectivity index (χ2n) is 5.40. The molecule has 25 heavy (non-hydrogen) atoms. The Bertz CT molecular complexity index is 861. The van der Waals surface area contributed by atoms with Crippen molar-refractivity contribution in [2.24, 2.45) is 0 Å². The lowest BCUT2D eigenvalue weighted by Gasteiger charge is -2.26. The first kappa shape index (κ1) is 17.6. The maximum Gasteiger partial charge on any atom is 0.264 e. The molecule has 0 unspecified atom stereocenters. The standard InChI is InChI=1S/C18H14Cl2N2O3/c19-13-1-3-15(16(20)10-13)17-4-2-14(25-17)9-12(11-21)18(23)22-5-7-24-8-6-22/h1-4,9-10H,5-8H2/b12-9-. The molecule has 2 aromatic rings. The summed E-state index contributed by atoms with van der Waals surface area (Å²) in [6.07, 6.45) is 1.44. The predicted molar refractivity (Wildman–Crippen MR) is 95.2 cm³/mol. The van der Waals surface area contributed by atoms with Gasteiger partial charge in [-0.2, -0.15) is 5.26 Å². The number of carbonyl (C=O) groups excluding carboxylic acids is 1. The minimum absolute atomic E-state index is 0.0185. The van der Waals surface area contributed by atoms with Crippen LogP contribution in [0.15, 0.2) is 40.3 Å². The van der Waals surface area contributed by atoms with Crippen LogP contribution in [-0.2, 0) is 9.53 Å². The second-order valence-corrected chi connectivity index (χ2v) is 6.24. The Morgan fingerprint density at radius 2 is 1.96 bits per heavy atom. The maximum atomic E-state index is 12.4. The highest BCUT2D eigenvalue weighted by atomic mass is 35.5. The van der Waals surface area contributed by atoms with Crippen molar-refractivity contribution in [3.05, 3.63) is 51.7 Å². The van der Waals surface area contributed by atoms with Crippen molar-refractivity contribution in [3.63, 3.8) is 0 Å². The van der Waals surface area contributed by atoms with Gasteiger partial charge in [0.2, 0.25) is 0 Å². The molecule has 0 N–H and O–H groups in total. The average molecular weight is 377 g/mol. The molecule has 1 aliphatic heterocycles. The second kappa shape index (κ2) is 7.75. The Hall–Kier alpha value is -2.26. The van der Waals surface area contributed by atoms with Crippen LogP contribution in [0.4, 0.5) is 0 Å². The lowest BCUT2D eigenvalue weighted by molar-refractivity contribution is -0.130. The fraction of sp³-hybridized carbons (Fsp3) is 0.222. The molecule has 0 saturated carbocycles. The number of carbonyl (C=O) groups is 1. The first-order valence-electron chi connectivity index (χ1n) is 7.62. The molecular formula is C18H14Cl2N2O3. The van der Waals surface area contributed by atoms with Crippen molar-refractivity contribution in [2.45, 2.75) is 0 Å². The Morgan fingerprint density at radius 3 is 2.64 bits per heavy atom. The molecule has 0 aliphatic carbocycles. The highest BCUT2D eigenvalue weighted by Crippen LogP contribution is 2.32. The van der Waals surface area contributed by atoms with E-state index in [9.17, 15) is 10.1 Å². The van der Waals surface area contributed by atoms with Gasteiger partial charge in [0.25, 0.3) is 5.91 Å². The smallest absolute Gasteiger partial charge is 0.264 e. The number of halogens is 2. The summed E-state index contributed by atoms with van der Waals surface area (Å²) in [7, 11) is 0. The van der Waals surface area contributed by atoms with Gasteiger partial charge in [-0.25, -0.2) is 0 Å². The molecule has 1 aromatic heterocycles. The normalized spacial score (nSPS) is 15.1. The number of furan rings is 1. The minimum Gasteiger partial charge on any atom is -0.457 e. The number of nitriles is 1. The van der Waals surface area contributed by atoms with Crippen LogP contribution < -0.4 is 0 Å². The highest BCUT2D eigenvalue weighted by molar-refractivity contribution is 6.36. The summed E-state index contributed by atoms with van der Waals surface area (Å²) >= 11 is 12.1. The first-order chi connectivity index (χ1) is 12.1. The van der Waals surface area contributed by atoms with Gasteiger partial charge in [-0.15, -0.1) is 0 Å². The number of nitrogens with zero attached hydrogens (tertiary/aromatic N) is 2. The lowest BCUT2D eigenvalue weighted by Crippen LogP contribution is -2.41. The number of benzene rings is 1. The molecule has 2 heterocycles. The summed E-state index contributed by atoms with van der Waals surface area (Å²) in [4.78, 5) is 14.0. The van der Waals surface area contributed by atoms with Crippen LogP contribution in [0.25, 0.3) is 17.4 Å². The quantitative estimate of drug-likeness (QED) is 0.599. The zero-order valence-electron chi connectivity index (χ0n) is 13.2. The van der Waals surface area contributed by atoms with Crippen LogP contribution in [0.5, 0.6) is 0 Å². The van der Waals surface area contributed by atoms with Crippen LogP contribution in [0.2, 0.25) is 10.0 Å². The van der Waals surface area contributed by atoms with E-state index in [1.165, 1.54) is 6.08 Å². The van der Waals surface area contributed by atoms with E-state index in [2.05, 4.69) is 0 Å². The molecule has 0 atom stereocenters. The SMILES string of the molecule is N#C/C(=C/c1ccc(-c2ccc(Cl)cc2Cl)o1)C(=O)N1CCOCC1. The highest BCUT2D eigenvalue weighted by Gasteiger charge is 2.21. The third-order valence-corrected chi connectivity index (χ3v) is 4.31. The molecule has 0 bridgehead atoms. The lowest BCUT2D eigenvalue weighted by atomic mass is 10.2. The molecule has 1 saturated heterocycles. The molecule has 5 nitrogen and oxygen atoms in total. The van der Waals surface area contributed by atoms with Gasteiger partial charge in [0, 0.05) is 29.8 Å². The van der Waals surface area contributed by atoms with Crippen LogP contribution in [-0.4, -0.2) is 37.1 Å². The van der Waals surface area contributed by atoms with E-state index in [4.69, 9.17) is 32.4 Å². The number of morpholine rings is 1. The van der Waals surface area contributed by atoms with Gasteiger partial charge in [0.1, 0.15) is 23.2 Å². The van der Waals surface area contributed by atoms with Crippen LogP contribution in [0.3, 0.4) is 0 Å². The third kappa shape index (κ3) is 4.05. The van der Waals surface area contributed by atoms with Gasteiger partial charge in [0.15, 0.2) is 0 Å². The molecule has 1 amide bonds. The van der Waals surface area contributed by atoms with E-state index in [1.54, 1.807) is 35.2 Å². The van der Waals surface area contributed by atoms with Gasteiger partial charge >= 0.3 is 0 Å². The maximum absolute atomic E-state index is 12.4. The van der Waals surface area contributed by atoms with E-state index in [0.717, 1.165) is 0 Å². The average Bonchev–Trinajstić information content (AvgIpc) is 3.08. The summed E-state index contributed by atoms with van der Waals surface area (Å²) in [6.45, 7) is 1.90. The van der Waals surface area contributed by atoms with Crippen molar-refractivity contribution in [2.75, 3.05) is 26.3 Å². The molecule has 7 heteroatoms. The summed E-state index contributed by atoms with van der Waals surface area (Å²) in [5.41, 5.74) is 0.703. The van der Waals surface area contributed by atoms with E-state index in [-0.39, 0.29) is 11.5 Å². The van der Waals surface area contributed by atoms with Crippen molar-refractivity contribution >= 4 is 35.2 Å². The summed E-state index contributed by atoms with van der Waals surface area (Å²) in [5, 5.41) is 10.3. The van der Waals surface area contributed by atoms with Gasteiger partial charge in [0.05, 0.1) is 18.2 Å². The Morgan fingerprint density at radius 1 is 1.20 bits per heavy atom. The Labute approximate surface area is 155 Å². The summed E-state index contributed by atoms with van der Waals surface area (Å²) in [5.74, 6) is 0.608. The van der Waals surface area contributed by atoms with Gasteiger partial charge < -0.3 is 14.1 Å².